The predicted molar refractivity (Wildman–Crippen MR) is 75.4 cm³/mol. The molecule has 0 aromatic carbocycles. The summed E-state index contributed by atoms with van der Waals surface area (Å²) in [6, 6.07) is 3.07. The lowest BCUT2D eigenvalue weighted by Gasteiger charge is -2.35. The Labute approximate surface area is 99.5 Å². The van der Waals surface area contributed by atoms with Crippen molar-refractivity contribution in [3.63, 3.8) is 0 Å². The molecule has 0 fully saturated rings. The number of hydrogen-bond donors (Lipinski definition) is 0. The molecule has 0 unspecified atom stereocenters. The normalized spacial score (nSPS) is 13.2. The predicted octanol–water partition coefficient (Wildman–Crippen LogP) is 5.11. The maximum absolute atomic E-state index is 2.53. The van der Waals surface area contributed by atoms with Gasteiger partial charge in [0.15, 0.2) is 0 Å². The van der Waals surface area contributed by atoms with Gasteiger partial charge in [0.1, 0.15) is 0 Å². The summed E-state index contributed by atoms with van der Waals surface area (Å²) in [5.74, 6) is 1.80. The SMILES string of the molecule is CCCC(C)(C)[SiH](CC(C)C)CC(C)C. The zero-order valence-corrected chi connectivity index (χ0v) is 13.2. The van der Waals surface area contributed by atoms with E-state index in [1.807, 2.05) is 0 Å². The molecule has 0 rings (SSSR count). The number of rotatable bonds is 7. The van der Waals surface area contributed by atoms with Crippen LogP contribution in [-0.4, -0.2) is 8.80 Å². The van der Waals surface area contributed by atoms with Gasteiger partial charge in [-0.15, -0.1) is 0 Å². The van der Waals surface area contributed by atoms with Crippen LogP contribution in [0.4, 0.5) is 0 Å². The second-order valence-corrected chi connectivity index (χ2v) is 10.6. The highest BCUT2D eigenvalue weighted by atomic mass is 28.3. The first-order chi connectivity index (χ1) is 6.79. The van der Waals surface area contributed by atoms with Crippen LogP contribution in [0.2, 0.25) is 17.1 Å². The lowest BCUT2D eigenvalue weighted by atomic mass is 10.1. The summed E-state index contributed by atoms with van der Waals surface area (Å²) < 4.78 is 0. The fraction of sp³-hybridized carbons (Fsp3) is 1.00. The van der Waals surface area contributed by atoms with Gasteiger partial charge in [-0.25, -0.2) is 0 Å². The fourth-order valence-corrected chi connectivity index (χ4v) is 7.16. The van der Waals surface area contributed by atoms with Gasteiger partial charge in [-0.3, -0.25) is 0 Å². The van der Waals surface area contributed by atoms with Crippen molar-refractivity contribution < 1.29 is 0 Å². The molecule has 15 heavy (non-hydrogen) atoms. The molecule has 0 aliphatic heterocycles. The first kappa shape index (κ1) is 15.2. The Morgan fingerprint density at radius 2 is 1.33 bits per heavy atom. The van der Waals surface area contributed by atoms with Crippen molar-refractivity contribution in [1.82, 2.24) is 0 Å². The molecule has 0 aromatic heterocycles. The van der Waals surface area contributed by atoms with Gasteiger partial charge in [0.05, 0.1) is 0 Å². The third-order valence-corrected chi connectivity index (χ3v) is 9.03. The van der Waals surface area contributed by atoms with E-state index in [1.165, 1.54) is 24.9 Å². The molecule has 0 aromatic rings. The molecule has 0 aliphatic rings. The van der Waals surface area contributed by atoms with Crippen LogP contribution in [0.1, 0.15) is 61.3 Å². The molecule has 0 N–H and O–H groups in total. The third-order valence-electron chi connectivity index (χ3n) is 3.51. The smallest absolute Gasteiger partial charge is 0.0431 e. The molecular weight excluding hydrogens is 196 g/mol. The lowest BCUT2D eigenvalue weighted by molar-refractivity contribution is 0.554. The molecule has 0 heterocycles. The Balaban J connectivity index is 4.45. The summed E-state index contributed by atoms with van der Waals surface area (Å²) in [5, 5.41) is 0.670. The van der Waals surface area contributed by atoms with Crippen LogP contribution < -0.4 is 0 Å². The maximum Gasteiger partial charge on any atom is 0.0431 e. The quantitative estimate of drug-likeness (QED) is 0.531. The molecule has 1 heteroatoms. The van der Waals surface area contributed by atoms with Gasteiger partial charge in [-0.2, -0.15) is 0 Å². The molecule has 0 nitrogen and oxygen atoms in total. The minimum Gasteiger partial charge on any atom is -0.0654 e. The zero-order valence-electron chi connectivity index (χ0n) is 12.1. The zero-order chi connectivity index (χ0) is 12.1. The minimum absolute atomic E-state index is 0.576. The highest BCUT2D eigenvalue weighted by Gasteiger charge is 2.30. The van der Waals surface area contributed by atoms with Crippen molar-refractivity contribution in [2.24, 2.45) is 11.8 Å². The van der Waals surface area contributed by atoms with Gasteiger partial charge < -0.3 is 0 Å². The van der Waals surface area contributed by atoms with Crippen molar-refractivity contribution in [1.29, 1.82) is 0 Å². The summed E-state index contributed by atoms with van der Waals surface area (Å²) in [6.45, 7) is 16.9. The van der Waals surface area contributed by atoms with Gasteiger partial charge >= 0.3 is 0 Å². The average molecular weight is 228 g/mol. The van der Waals surface area contributed by atoms with E-state index < -0.39 is 8.80 Å². The van der Waals surface area contributed by atoms with Crippen LogP contribution in [0.15, 0.2) is 0 Å². The van der Waals surface area contributed by atoms with E-state index in [4.69, 9.17) is 0 Å². The minimum atomic E-state index is -0.576. The Kier molecular flexibility index (Phi) is 6.82. The molecule has 0 aliphatic carbocycles. The summed E-state index contributed by atoms with van der Waals surface area (Å²) in [4.78, 5) is 0. The van der Waals surface area contributed by atoms with Crippen LogP contribution in [0.25, 0.3) is 0 Å². The molecule has 0 atom stereocenters. The van der Waals surface area contributed by atoms with Crippen LogP contribution in [0, 0.1) is 11.8 Å². The van der Waals surface area contributed by atoms with Gasteiger partial charge in [0.25, 0.3) is 0 Å². The van der Waals surface area contributed by atoms with E-state index in [0.717, 1.165) is 11.8 Å². The van der Waals surface area contributed by atoms with E-state index in [-0.39, 0.29) is 0 Å². The number of hydrogen-bond acceptors (Lipinski definition) is 0. The maximum atomic E-state index is 2.53. The third kappa shape index (κ3) is 6.39. The van der Waals surface area contributed by atoms with Crippen LogP contribution >= 0.6 is 0 Å². The van der Waals surface area contributed by atoms with Crippen LogP contribution in [0.5, 0.6) is 0 Å². The largest absolute Gasteiger partial charge is 0.0654 e. The molecule has 0 radical (unpaired) electrons. The average Bonchev–Trinajstić information content (AvgIpc) is 2.00. The lowest BCUT2D eigenvalue weighted by Crippen LogP contribution is -2.30. The first-order valence-corrected chi connectivity index (χ1v) is 9.00. The van der Waals surface area contributed by atoms with Gasteiger partial charge in [-0.1, -0.05) is 73.4 Å². The summed E-state index contributed by atoms with van der Waals surface area (Å²) in [6.07, 6.45) is 2.79. The Morgan fingerprint density at radius 3 is 1.60 bits per heavy atom. The van der Waals surface area contributed by atoms with Gasteiger partial charge in [0.2, 0.25) is 0 Å². The second-order valence-electron chi connectivity index (χ2n) is 6.69. The van der Waals surface area contributed by atoms with E-state index in [0.29, 0.717) is 5.04 Å². The van der Waals surface area contributed by atoms with Crippen molar-refractivity contribution >= 4 is 8.80 Å². The van der Waals surface area contributed by atoms with Crippen molar-refractivity contribution in [2.75, 3.05) is 0 Å². The topological polar surface area (TPSA) is 0 Å². The highest BCUT2D eigenvalue weighted by Crippen LogP contribution is 2.40. The molecule has 0 saturated heterocycles. The highest BCUT2D eigenvalue weighted by molar-refractivity contribution is 6.62. The fourth-order valence-electron chi connectivity index (χ4n) is 2.72. The molecule has 0 spiro atoms. The first-order valence-electron chi connectivity index (χ1n) is 6.79. The molecular formula is C14H32Si. The Morgan fingerprint density at radius 1 is 0.933 bits per heavy atom. The summed E-state index contributed by atoms with van der Waals surface area (Å²) in [5.41, 5.74) is 0. The van der Waals surface area contributed by atoms with Crippen LogP contribution in [0.3, 0.4) is 0 Å². The van der Waals surface area contributed by atoms with E-state index in [2.05, 4.69) is 48.5 Å². The monoisotopic (exact) mass is 228 g/mol. The Hall–Kier alpha value is 0.217. The van der Waals surface area contributed by atoms with Crippen molar-refractivity contribution in [3.8, 4) is 0 Å². The summed E-state index contributed by atoms with van der Waals surface area (Å²) >= 11 is 0. The molecule has 92 valence electrons. The van der Waals surface area contributed by atoms with Crippen molar-refractivity contribution in [3.05, 3.63) is 0 Å². The van der Waals surface area contributed by atoms with E-state index >= 15 is 0 Å². The standard InChI is InChI=1S/C14H32Si/c1-8-9-14(6,7)15(10-12(2)3)11-13(4)5/h12-13,15H,8-11H2,1-7H3. The second kappa shape index (κ2) is 6.73. The van der Waals surface area contributed by atoms with Crippen molar-refractivity contribution in [2.45, 2.75) is 78.4 Å². The Bertz CT molecular complexity index is 149. The van der Waals surface area contributed by atoms with E-state index in [9.17, 15) is 0 Å². The van der Waals surface area contributed by atoms with E-state index in [1.54, 1.807) is 0 Å². The molecule has 0 amide bonds. The van der Waals surface area contributed by atoms with Gasteiger partial charge in [0, 0.05) is 8.80 Å². The van der Waals surface area contributed by atoms with Crippen LogP contribution in [-0.2, 0) is 0 Å². The molecule has 0 bridgehead atoms. The molecule has 0 saturated carbocycles. The van der Waals surface area contributed by atoms with Gasteiger partial charge in [-0.05, 0) is 16.9 Å². The summed E-state index contributed by atoms with van der Waals surface area (Å²) in [7, 11) is -0.576.